The Morgan fingerprint density at radius 1 is 1.10 bits per heavy atom. The van der Waals surface area contributed by atoms with Crippen LogP contribution in [0.1, 0.15) is 38.7 Å². The van der Waals surface area contributed by atoms with Gasteiger partial charge in [-0.25, -0.2) is 0 Å². The Kier molecular flexibility index (Phi) is 6.77. The summed E-state index contributed by atoms with van der Waals surface area (Å²) in [6.45, 7) is 9.12. The van der Waals surface area contributed by atoms with Gasteiger partial charge in [0.2, 0.25) is 0 Å². The lowest BCUT2D eigenvalue weighted by atomic mass is 10.2. The zero-order chi connectivity index (χ0) is 14.9. The standard InChI is InChI=1S/C18H28N2O/c1-3-5-12-21-13-8-11-19-14-16-15-20(4-2)18-10-7-6-9-17(16)18/h6-7,9-10,15,19H,3-5,8,11-14H2,1-2H3. The van der Waals surface area contributed by atoms with Crippen LogP contribution in [0, 0.1) is 0 Å². The summed E-state index contributed by atoms with van der Waals surface area (Å²) in [5.41, 5.74) is 2.72. The Labute approximate surface area is 128 Å². The Bertz CT molecular complexity index is 533. The zero-order valence-electron chi connectivity index (χ0n) is 13.4. The predicted molar refractivity (Wildman–Crippen MR) is 89.7 cm³/mol. The van der Waals surface area contributed by atoms with Crippen LogP contribution < -0.4 is 5.32 Å². The van der Waals surface area contributed by atoms with E-state index in [1.54, 1.807) is 0 Å². The van der Waals surface area contributed by atoms with E-state index in [0.717, 1.165) is 39.3 Å². The topological polar surface area (TPSA) is 26.2 Å². The normalized spacial score (nSPS) is 11.3. The fourth-order valence-corrected chi connectivity index (χ4v) is 2.60. The molecule has 0 atom stereocenters. The first-order valence-electron chi connectivity index (χ1n) is 8.22. The molecule has 0 fully saturated rings. The van der Waals surface area contributed by atoms with Crippen LogP contribution in [0.5, 0.6) is 0 Å². The van der Waals surface area contributed by atoms with Gasteiger partial charge in [0.15, 0.2) is 0 Å². The first-order valence-corrected chi connectivity index (χ1v) is 8.22. The molecular formula is C18H28N2O. The number of fused-ring (bicyclic) bond motifs is 1. The number of hydrogen-bond donors (Lipinski definition) is 1. The first-order chi connectivity index (χ1) is 10.4. The number of aromatic nitrogens is 1. The van der Waals surface area contributed by atoms with Crippen molar-refractivity contribution in [3.8, 4) is 0 Å². The molecule has 0 radical (unpaired) electrons. The highest BCUT2D eigenvalue weighted by molar-refractivity contribution is 5.83. The molecule has 3 nitrogen and oxygen atoms in total. The fraction of sp³-hybridized carbons (Fsp3) is 0.556. The molecule has 0 spiro atoms. The van der Waals surface area contributed by atoms with E-state index in [0.29, 0.717) is 0 Å². The van der Waals surface area contributed by atoms with Crippen LogP contribution >= 0.6 is 0 Å². The summed E-state index contributed by atoms with van der Waals surface area (Å²) in [5, 5.41) is 4.90. The predicted octanol–water partition coefficient (Wildman–Crippen LogP) is 3.96. The number of ether oxygens (including phenoxy) is 1. The van der Waals surface area contributed by atoms with Gasteiger partial charge in [-0.1, -0.05) is 31.5 Å². The molecule has 0 aliphatic carbocycles. The summed E-state index contributed by atoms with van der Waals surface area (Å²) in [5.74, 6) is 0. The number of rotatable bonds is 10. The fourth-order valence-electron chi connectivity index (χ4n) is 2.60. The molecule has 2 rings (SSSR count). The third kappa shape index (κ3) is 4.58. The van der Waals surface area contributed by atoms with Gasteiger partial charge in [0.25, 0.3) is 0 Å². The number of aryl methyl sites for hydroxylation is 1. The van der Waals surface area contributed by atoms with Crippen molar-refractivity contribution < 1.29 is 4.74 Å². The zero-order valence-corrected chi connectivity index (χ0v) is 13.4. The molecule has 0 aliphatic rings. The Morgan fingerprint density at radius 2 is 1.90 bits per heavy atom. The quantitative estimate of drug-likeness (QED) is 0.670. The largest absolute Gasteiger partial charge is 0.381 e. The van der Waals surface area contributed by atoms with Gasteiger partial charge in [0.05, 0.1) is 0 Å². The number of hydrogen-bond acceptors (Lipinski definition) is 2. The summed E-state index contributed by atoms with van der Waals surface area (Å²) >= 11 is 0. The summed E-state index contributed by atoms with van der Waals surface area (Å²) in [6.07, 6.45) is 5.73. The van der Waals surface area contributed by atoms with Gasteiger partial charge in [-0.2, -0.15) is 0 Å². The van der Waals surface area contributed by atoms with Crippen molar-refractivity contribution in [3.05, 3.63) is 36.0 Å². The molecule has 0 saturated heterocycles. The molecule has 3 heteroatoms. The van der Waals surface area contributed by atoms with Crippen molar-refractivity contribution >= 4 is 10.9 Å². The Balaban J connectivity index is 1.76. The molecule has 116 valence electrons. The second-order valence-corrected chi connectivity index (χ2v) is 5.45. The maximum Gasteiger partial charge on any atom is 0.0483 e. The van der Waals surface area contributed by atoms with E-state index < -0.39 is 0 Å². The van der Waals surface area contributed by atoms with Crippen molar-refractivity contribution in [2.24, 2.45) is 0 Å². The van der Waals surface area contributed by atoms with Crippen LogP contribution in [0.15, 0.2) is 30.5 Å². The van der Waals surface area contributed by atoms with Crippen molar-refractivity contribution in [3.63, 3.8) is 0 Å². The second kappa shape index (κ2) is 8.85. The van der Waals surface area contributed by atoms with E-state index in [4.69, 9.17) is 4.74 Å². The second-order valence-electron chi connectivity index (χ2n) is 5.45. The lowest BCUT2D eigenvalue weighted by Gasteiger charge is -2.05. The molecule has 0 unspecified atom stereocenters. The Morgan fingerprint density at radius 3 is 2.71 bits per heavy atom. The molecule has 1 heterocycles. The SMILES string of the molecule is CCCCOCCCNCc1cn(CC)c2ccccc12. The van der Waals surface area contributed by atoms with Crippen molar-refractivity contribution in [1.29, 1.82) is 0 Å². The summed E-state index contributed by atoms with van der Waals surface area (Å²) in [4.78, 5) is 0. The smallest absolute Gasteiger partial charge is 0.0483 e. The molecular weight excluding hydrogens is 260 g/mol. The molecule has 1 N–H and O–H groups in total. The van der Waals surface area contributed by atoms with E-state index >= 15 is 0 Å². The van der Waals surface area contributed by atoms with Gasteiger partial charge in [-0.05, 0) is 37.9 Å². The highest BCUT2D eigenvalue weighted by atomic mass is 16.5. The summed E-state index contributed by atoms with van der Waals surface area (Å²) < 4.78 is 7.89. The minimum absolute atomic E-state index is 0.865. The van der Waals surface area contributed by atoms with Crippen LogP contribution in [0.4, 0.5) is 0 Å². The average molecular weight is 288 g/mol. The monoisotopic (exact) mass is 288 g/mol. The van der Waals surface area contributed by atoms with Crippen molar-refractivity contribution in [2.75, 3.05) is 19.8 Å². The van der Waals surface area contributed by atoms with Crippen LogP contribution in [0.25, 0.3) is 10.9 Å². The van der Waals surface area contributed by atoms with E-state index in [-0.39, 0.29) is 0 Å². The number of unbranched alkanes of at least 4 members (excludes halogenated alkanes) is 1. The molecule has 0 aliphatic heterocycles. The molecule has 21 heavy (non-hydrogen) atoms. The van der Waals surface area contributed by atoms with E-state index in [1.165, 1.54) is 29.3 Å². The maximum atomic E-state index is 5.57. The van der Waals surface area contributed by atoms with Gasteiger partial charge in [-0.15, -0.1) is 0 Å². The van der Waals surface area contributed by atoms with E-state index in [9.17, 15) is 0 Å². The molecule has 0 amide bonds. The van der Waals surface area contributed by atoms with Crippen molar-refractivity contribution in [1.82, 2.24) is 9.88 Å². The molecule has 1 aromatic heterocycles. The van der Waals surface area contributed by atoms with Crippen LogP contribution in [0.2, 0.25) is 0 Å². The third-order valence-corrected chi connectivity index (χ3v) is 3.81. The summed E-state index contributed by atoms with van der Waals surface area (Å²) in [6, 6.07) is 8.64. The Hall–Kier alpha value is -1.32. The van der Waals surface area contributed by atoms with Gasteiger partial charge in [0.1, 0.15) is 0 Å². The minimum atomic E-state index is 0.865. The first kappa shape index (κ1) is 16.1. The third-order valence-electron chi connectivity index (χ3n) is 3.81. The van der Waals surface area contributed by atoms with E-state index in [2.05, 4.69) is 54.2 Å². The molecule has 0 saturated carbocycles. The van der Waals surface area contributed by atoms with Gasteiger partial charge < -0.3 is 14.6 Å². The minimum Gasteiger partial charge on any atom is -0.381 e. The van der Waals surface area contributed by atoms with Crippen LogP contribution in [-0.2, 0) is 17.8 Å². The maximum absolute atomic E-state index is 5.57. The molecule has 0 bridgehead atoms. The number of para-hydroxylation sites is 1. The number of nitrogens with zero attached hydrogens (tertiary/aromatic N) is 1. The van der Waals surface area contributed by atoms with E-state index in [1.807, 2.05) is 0 Å². The van der Waals surface area contributed by atoms with Gasteiger partial charge >= 0.3 is 0 Å². The number of nitrogens with one attached hydrogen (secondary N) is 1. The molecule has 2 aromatic rings. The lowest BCUT2D eigenvalue weighted by molar-refractivity contribution is 0.129. The van der Waals surface area contributed by atoms with Crippen LogP contribution in [0.3, 0.4) is 0 Å². The van der Waals surface area contributed by atoms with Crippen molar-refractivity contribution in [2.45, 2.75) is 46.2 Å². The highest BCUT2D eigenvalue weighted by Crippen LogP contribution is 2.21. The van der Waals surface area contributed by atoms with Gasteiger partial charge in [-0.3, -0.25) is 0 Å². The summed E-state index contributed by atoms with van der Waals surface area (Å²) in [7, 11) is 0. The average Bonchev–Trinajstić information content (AvgIpc) is 2.88. The van der Waals surface area contributed by atoms with Crippen LogP contribution in [-0.4, -0.2) is 24.3 Å². The highest BCUT2D eigenvalue weighted by Gasteiger charge is 2.06. The van der Waals surface area contributed by atoms with Gasteiger partial charge in [0, 0.05) is 43.4 Å². The lowest BCUT2D eigenvalue weighted by Crippen LogP contribution is -2.16. The number of benzene rings is 1. The molecule has 1 aromatic carbocycles.